The van der Waals surface area contributed by atoms with Gasteiger partial charge in [-0.3, -0.25) is 4.55 Å². The van der Waals surface area contributed by atoms with Crippen LogP contribution in [0.4, 0.5) is 0 Å². The molecule has 6 heteroatoms. The van der Waals surface area contributed by atoms with Crippen molar-refractivity contribution in [2.45, 2.75) is 18.1 Å². The van der Waals surface area contributed by atoms with Gasteiger partial charge in [0, 0.05) is 0 Å². The quantitative estimate of drug-likeness (QED) is 0.589. The number of nitrogens with one attached hydrogen (secondary N) is 1. The van der Waals surface area contributed by atoms with Crippen LogP contribution in [0.25, 0.3) is 0 Å². The van der Waals surface area contributed by atoms with Crippen LogP contribution < -0.4 is 5.32 Å². The smallest absolute Gasteiger partial charge is 0.267 e. The number of piperidine rings is 1. The Labute approximate surface area is 72.5 Å². The first-order chi connectivity index (χ1) is 4.61. The summed E-state index contributed by atoms with van der Waals surface area (Å²) >= 11 is 0. The molecule has 1 heterocycles. The third-order valence-electron chi connectivity index (χ3n) is 1.71. The second kappa shape index (κ2) is 4.25. The Morgan fingerprint density at radius 1 is 1.27 bits per heavy atom. The predicted octanol–water partition coefficient (Wildman–Crippen LogP) is 0.0480. The molecule has 0 spiro atoms. The molecule has 0 amide bonds. The molecule has 0 saturated carbocycles. The van der Waals surface area contributed by atoms with Gasteiger partial charge in [-0.25, -0.2) is 0 Å². The number of rotatable bonds is 1. The van der Waals surface area contributed by atoms with Crippen LogP contribution in [0.1, 0.15) is 12.8 Å². The van der Waals surface area contributed by atoms with Crippen LogP contribution in [-0.2, 0) is 10.1 Å². The molecule has 4 nitrogen and oxygen atoms in total. The molecule has 0 atom stereocenters. The van der Waals surface area contributed by atoms with Crippen LogP contribution in [0.2, 0.25) is 0 Å². The zero-order chi connectivity index (χ0) is 7.61. The first kappa shape index (κ1) is 11.2. The van der Waals surface area contributed by atoms with E-state index in [0.29, 0.717) is 25.9 Å². The summed E-state index contributed by atoms with van der Waals surface area (Å²) in [7, 11) is -3.77. The Morgan fingerprint density at radius 3 is 2.00 bits per heavy atom. The molecule has 1 aliphatic rings. The summed E-state index contributed by atoms with van der Waals surface area (Å²) in [5.74, 6) is 0. The van der Waals surface area contributed by atoms with Crippen molar-refractivity contribution in [3.05, 3.63) is 0 Å². The maximum Gasteiger partial charge on any atom is 0.267 e. The van der Waals surface area contributed by atoms with E-state index in [1.54, 1.807) is 0 Å². The van der Waals surface area contributed by atoms with Gasteiger partial charge >= 0.3 is 0 Å². The minimum atomic E-state index is -3.77. The van der Waals surface area contributed by atoms with Gasteiger partial charge in [-0.15, -0.1) is 12.4 Å². The molecule has 0 bridgehead atoms. The number of hydrogen-bond donors (Lipinski definition) is 2. The van der Waals surface area contributed by atoms with Crippen LogP contribution in [0, 0.1) is 0 Å². The highest BCUT2D eigenvalue weighted by Gasteiger charge is 2.24. The van der Waals surface area contributed by atoms with E-state index in [9.17, 15) is 8.42 Å². The van der Waals surface area contributed by atoms with Gasteiger partial charge in [-0.1, -0.05) is 0 Å². The molecule has 1 saturated heterocycles. The van der Waals surface area contributed by atoms with E-state index in [0.717, 1.165) is 0 Å². The van der Waals surface area contributed by atoms with Gasteiger partial charge in [0.15, 0.2) is 0 Å². The molecular weight excluding hydrogens is 190 g/mol. The maximum absolute atomic E-state index is 10.5. The SMILES string of the molecule is Cl.O=S(=O)(O)C1CCNCC1. The summed E-state index contributed by atoms with van der Waals surface area (Å²) in [5.41, 5.74) is 0. The topological polar surface area (TPSA) is 66.4 Å². The molecule has 11 heavy (non-hydrogen) atoms. The summed E-state index contributed by atoms with van der Waals surface area (Å²) in [6.45, 7) is 1.37. The fraction of sp³-hybridized carbons (Fsp3) is 1.00. The van der Waals surface area contributed by atoms with Crippen molar-refractivity contribution >= 4 is 22.5 Å². The van der Waals surface area contributed by atoms with Gasteiger partial charge in [0.1, 0.15) is 0 Å². The van der Waals surface area contributed by atoms with Crippen molar-refractivity contribution in [2.24, 2.45) is 0 Å². The van der Waals surface area contributed by atoms with E-state index < -0.39 is 15.4 Å². The van der Waals surface area contributed by atoms with Gasteiger partial charge in [0.05, 0.1) is 5.25 Å². The molecular formula is C5H12ClNO3S. The Morgan fingerprint density at radius 2 is 1.73 bits per heavy atom. The fourth-order valence-corrected chi connectivity index (χ4v) is 1.92. The summed E-state index contributed by atoms with van der Waals surface area (Å²) < 4.78 is 29.6. The molecule has 0 aliphatic carbocycles. The molecule has 1 fully saturated rings. The highest BCUT2D eigenvalue weighted by molar-refractivity contribution is 7.86. The standard InChI is InChI=1S/C5H11NO3S.ClH/c7-10(8,9)5-1-3-6-4-2-5;/h5-6H,1-4H2,(H,7,8,9);1H. The lowest BCUT2D eigenvalue weighted by Crippen LogP contribution is -2.35. The van der Waals surface area contributed by atoms with E-state index in [-0.39, 0.29) is 12.4 Å². The largest absolute Gasteiger partial charge is 0.317 e. The van der Waals surface area contributed by atoms with Crippen molar-refractivity contribution in [1.82, 2.24) is 5.32 Å². The first-order valence-electron chi connectivity index (χ1n) is 3.28. The molecule has 0 unspecified atom stereocenters. The van der Waals surface area contributed by atoms with Crippen molar-refractivity contribution in [3.8, 4) is 0 Å². The summed E-state index contributed by atoms with van der Waals surface area (Å²) in [6.07, 6.45) is 1.05. The third-order valence-corrected chi connectivity index (χ3v) is 3.02. The molecule has 1 aliphatic heterocycles. The lowest BCUT2D eigenvalue weighted by atomic mass is 10.2. The zero-order valence-electron chi connectivity index (χ0n) is 5.99. The lowest BCUT2D eigenvalue weighted by Gasteiger charge is -2.19. The fourth-order valence-electron chi connectivity index (χ4n) is 1.09. The lowest BCUT2D eigenvalue weighted by molar-refractivity contribution is 0.432. The van der Waals surface area contributed by atoms with Crippen LogP contribution in [0.5, 0.6) is 0 Å². The van der Waals surface area contributed by atoms with Crippen molar-refractivity contribution < 1.29 is 13.0 Å². The minimum absolute atomic E-state index is 0. The normalized spacial score (nSPS) is 20.8. The molecule has 0 aromatic rings. The van der Waals surface area contributed by atoms with Crippen molar-refractivity contribution in [2.75, 3.05) is 13.1 Å². The third kappa shape index (κ3) is 3.37. The maximum atomic E-state index is 10.5. The van der Waals surface area contributed by atoms with Crippen LogP contribution in [0.15, 0.2) is 0 Å². The predicted molar refractivity (Wildman–Crippen MR) is 44.7 cm³/mol. The Balaban J connectivity index is 0.000001000. The van der Waals surface area contributed by atoms with Crippen LogP contribution >= 0.6 is 12.4 Å². The first-order valence-corrected chi connectivity index (χ1v) is 4.78. The summed E-state index contributed by atoms with van der Waals surface area (Å²) in [4.78, 5) is 0. The zero-order valence-corrected chi connectivity index (χ0v) is 7.62. The van der Waals surface area contributed by atoms with E-state index in [2.05, 4.69) is 5.32 Å². The van der Waals surface area contributed by atoms with Gasteiger partial charge in [-0.05, 0) is 25.9 Å². The minimum Gasteiger partial charge on any atom is -0.317 e. The molecule has 2 N–H and O–H groups in total. The Bertz CT molecular complexity index is 198. The monoisotopic (exact) mass is 201 g/mol. The van der Waals surface area contributed by atoms with Gasteiger partial charge in [0.2, 0.25) is 0 Å². The van der Waals surface area contributed by atoms with E-state index in [1.807, 2.05) is 0 Å². The molecule has 1 rings (SSSR count). The average molecular weight is 202 g/mol. The van der Waals surface area contributed by atoms with Crippen molar-refractivity contribution in [3.63, 3.8) is 0 Å². The average Bonchev–Trinajstić information content (AvgIpc) is 1.88. The van der Waals surface area contributed by atoms with Gasteiger partial charge < -0.3 is 5.32 Å². The molecule has 0 radical (unpaired) electrons. The molecule has 68 valence electrons. The highest BCUT2D eigenvalue weighted by Crippen LogP contribution is 2.10. The number of hydrogen-bond acceptors (Lipinski definition) is 3. The Hall–Kier alpha value is 0.160. The van der Waals surface area contributed by atoms with E-state index in [1.165, 1.54) is 0 Å². The van der Waals surface area contributed by atoms with Crippen molar-refractivity contribution in [1.29, 1.82) is 0 Å². The highest BCUT2D eigenvalue weighted by atomic mass is 35.5. The van der Waals surface area contributed by atoms with E-state index >= 15 is 0 Å². The second-order valence-electron chi connectivity index (χ2n) is 2.46. The molecule has 0 aromatic heterocycles. The van der Waals surface area contributed by atoms with E-state index in [4.69, 9.17) is 4.55 Å². The summed E-state index contributed by atoms with van der Waals surface area (Å²) in [6, 6.07) is 0. The van der Waals surface area contributed by atoms with Gasteiger partial charge in [0.25, 0.3) is 10.1 Å². The second-order valence-corrected chi connectivity index (χ2v) is 4.16. The molecule has 0 aromatic carbocycles. The van der Waals surface area contributed by atoms with Crippen LogP contribution in [-0.4, -0.2) is 31.3 Å². The Kier molecular flexibility index (Phi) is 4.31. The van der Waals surface area contributed by atoms with Crippen LogP contribution in [0.3, 0.4) is 0 Å². The van der Waals surface area contributed by atoms with Gasteiger partial charge in [-0.2, -0.15) is 8.42 Å². The number of halogens is 1. The summed E-state index contributed by atoms with van der Waals surface area (Å²) in [5, 5.41) is 2.48.